The topological polar surface area (TPSA) is 72.6 Å². The van der Waals surface area contributed by atoms with Crippen molar-refractivity contribution < 1.29 is 13.2 Å². The van der Waals surface area contributed by atoms with Gasteiger partial charge in [0.2, 0.25) is 10.0 Å². The zero-order chi connectivity index (χ0) is 15.1. The number of likely N-dealkylation sites (N-methyl/N-ethyl adjacent to an activating group) is 1. The Bertz CT molecular complexity index is 613. The molecule has 6 heteroatoms. The molecule has 20 heavy (non-hydrogen) atoms. The molecule has 0 amide bonds. The second-order valence-electron chi connectivity index (χ2n) is 5.41. The minimum absolute atomic E-state index is 0.0859. The molecule has 5 nitrogen and oxygen atoms in total. The summed E-state index contributed by atoms with van der Waals surface area (Å²) in [5, 5.41) is 0. The van der Waals surface area contributed by atoms with E-state index in [-0.39, 0.29) is 17.0 Å². The maximum atomic E-state index is 12.8. The summed E-state index contributed by atoms with van der Waals surface area (Å²) in [5.41, 5.74) is 7.90. The number of hydrogen-bond donors (Lipinski definition) is 1. The first-order chi connectivity index (χ1) is 9.25. The van der Waals surface area contributed by atoms with Crippen molar-refractivity contribution in [2.45, 2.75) is 44.2 Å². The van der Waals surface area contributed by atoms with Crippen LogP contribution >= 0.6 is 0 Å². The average Bonchev–Trinajstić information content (AvgIpc) is 2.78. The van der Waals surface area contributed by atoms with Crippen LogP contribution in [0.5, 0.6) is 0 Å². The Hall–Kier alpha value is -1.11. The maximum Gasteiger partial charge on any atom is 0.243 e. The van der Waals surface area contributed by atoms with E-state index in [1.54, 1.807) is 13.1 Å². The normalized spacial score (nSPS) is 23.4. The molecule has 1 aromatic carbocycles. The zero-order valence-corrected chi connectivity index (χ0v) is 13.2. The van der Waals surface area contributed by atoms with Crippen LogP contribution in [0.2, 0.25) is 0 Å². The average molecular weight is 298 g/mol. The molecule has 1 aliphatic rings. The first-order valence-electron chi connectivity index (χ1n) is 6.71. The number of nitrogen functional groups attached to an aromatic ring is 1. The quantitative estimate of drug-likeness (QED) is 0.862. The highest BCUT2D eigenvalue weighted by atomic mass is 32.2. The lowest BCUT2D eigenvalue weighted by Gasteiger charge is -2.27. The van der Waals surface area contributed by atoms with Gasteiger partial charge in [-0.05, 0) is 50.5 Å². The molecular weight excluding hydrogens is 276 g/mol. The monoisotopic (exact) mass is 298 g/mol. The van der Waals surface area contributed by atoms with Crippen LogP contribution in [0, 0.1) is 13.8 Å². The highest BCUT2D eigenvalue weighted by Crippen LogP contribution is 2.29. The first-order valence-corrected chi connectivity index (χ1v) is 8.15. The van der Waals surface area contributed by atoms with Crippen LogP contribution in [0.15, 0.2) is 17.0 Å². The van der Waals surface area contributed by atoms with Crippen LogP contribution in [0.25, 0.3) is 0 Å². The fourth-order valence-corrected chi connectivity index (χ4v) is 4.43. The minimum atomic E-state index is -3.56. The van der Waals surface area contributed by atoms with Gasteiger partial charge in [0.25, 0.3) is 0 Å². The number of anilines is 1. The summed E-state index contributed by atoms with van der Waals surface area (Å²) in [7, 11) is -1.94. The summed E-state index contributed by atoms with van der Waals surface area (Å²) >= 11 is 0. The molecule has 0 radical (unpaired) electrons. The van der Waals surface area contributed by atoms with E-state index >= 15 is 0 Å². The summed E-state index contributed by atoms with van der Waals surface area (Å²) in [6.45, 7) is 6.18. The minimum Gasteiger partial charge on any atom is -0.399 e. The van der Waals surface area contributed by atoms with Crippen molar-refractivity contribution in [3.05, 3.63) is 23.3 Å². The molecule has 2 atom stereocenters. The SMILES string of the molecule is Cc1cc(N)cc(S(=O)(=O)N(C)C2CCOC2C)c1C. The van der Waals surface area contributed by atoms with Crippen LogP contribution in [0.1, 0.15) is 24.5 Å². The summed E-state index contributed by atoms with van der Waals surface area (Å²) in [6.07, 6.45) is 0.634. The van der Waals surface area contributed by atoms with Crippen molar-refractivity contribution in [1.82, 2.24) is 4.31 Å². The number of sulfonamides is 1. The smallest absolute Gasteiger partial charge is 0.243 e. The molecule has 1 aliphatic heterocycles. The Kier molecular flexibility index (Phi) is 4.09. The second-order valence-corrected chi connectivity index (χ2v) is 7.38. The number of benzene rings is 1. The molecule has 1 aromatic rings. The Morgan fingerprint density at radius 1 is 1.35 bits per heavy atom. The molecule has 1 heterocycles. The summed E-state index contributed by atoms with van der Waals surface area (Å²) in [5.74, 6) is 0. The van der Waals surface area contributed by atoms with Crippen LogP contribution in [0.4, 0.5) is 5.69 Å². The second kappa shape index (κ2) is 5.35. The molecule has 0 bridgehead atoms. The molecule has 1 saturated heterocycles. The van der Waals surface area contributed by atoms with Gasteiger partial charge in [0.1, 0.15) is 0 Å². The van der Waals surface area contributed by atoms with Gasteiger partial charge in [-0.15, -0.1) is 0 Å². The molecule has 0 aliphatic carbocycles. The van der Waals surface area contributed by atoms with Crippen molar-refractivity contribution in [1.29, 1.82) is 0 Å². The Morgan fingerprint density at radius 2 is 2.00 bits per heavy atom. The summed E-state index contributed by atoms with van der Waals surface area (Å²) < 4.78 is 32.5. The van der Waals surface area contributed by atoms with Gasteiger partial charge in [-0.2, -0.15) is 4.31 Å². The van der Waals surface area contributed by atoms with Gasteiger partial charge in [0.05, 0.1) is 17.0 Å². The van der Waals surface area contributed by atoms with Gasteiger partial charge in [-0.3, -0.25) is 0 Å². The Balaban J connectivity index is 2.45. The lowest BCUT2D eigenvalue weighted by atomic mass is 10.1. The predicted octanol–water partition coefficient (Wildman–Crippen LogP) is 1.68. The summed E-state index contributed by atoms with van der Waals surface area (Å²) in [6, 6.07) is 3.20. The predicted molar refractivity (Wildman–Crippen MR) is 79.1 cm³/mol. The molecule has 2 N–H and O–H groups in total. The van der Waals surface area contributed by atoms with Crippen molar-refractivity contribution in [3.63, 3.8) is 0 Å². The lowest BCUT2D eigenvalue weighted by Crippen LogP contribution is -2.41. The van der Waals surface area contributed by atoms with Crippen LogP contribution in [-0.2, 0) is 14.8 Å². The molecule has 112 valence electrons. The number of nitrogens with zero attached hydrogens (tertiary/aromatic N) is 1. The molecule has 2 unspecified atom stereocenters. The number of rotatable bonds is 3. The van der Waals surface area contributed by atoms with Crippen LogP contribution in [-0.4, -0.2) is 38.5 Å². The van der Waals surface area contributed by atoms with E-state index in [0.717, 1.165) is 17.5 Å². The van der Waals surface area contributed by atoms with E-state index < -0.39 is 10.0 Å². The molecule has 0 saturated carbocycles. The van der Waals surface area contributed by atoms with E-state index in [0.29, 0.717) is 12.3 Å². The van der Waals surface area contributed by atoms with Gasteiger partial charge >= 0.3 is 0 Å². The van der Waals surface area contributed by atoms with Gasteiger partial charge in [-0.25, -0.2) is 8.42 Å². The van der Waals surface area contributed by atoms with Crippen molar-refractivity contribution >= 4 is 15.7 Å². The Labute approximate surface area is 120 Å². The first kappa shape index (κ1) is 15.3. The fourth-order valence-electron chi connectivity index (χ4n) is 2.65. The van der Waals surface area contributed by atoms with Gasteiger partial charge in [0, 0.05) is 19.3 Å². The molecule has 0 spiro atoms. The van der Waals surface area contributed by atoms with Gasteiger partial charge in [0.15, 0.2) is 0 Å². The highest BCUT2D eigenvalue weighted by Gasteiger charge is 2.36. The molecular formula is C14H22N2O3S. The number of ether oxygens (including phenoxy) is 1. The zero-order valence-electron chi connectivity index (χ0n) is 12.4. The van der Waals surface area contributed by atoms with E-state index in [4.69, 9.17) is 10.5 Å². The largest absolute Gasteiger partial charge is 0.399 e. The third-order valence-corrected chi connectivity index (χ3v) is 6.11. The van der Waals surface area contributed by atoms with Crippen LogP contribution < -0.4 is 5.73 Å². The van der Waals surface area contributed by atoms with Crippen molar-refractivity contribution in [3.8, 4) is 0 Å². The Morgan fingerprint density at radius 3 is 2.55 bits per heavy atom. The number of nitrogens with two attached hydrogens (primary N) is 1. The van der Waals surface area contributed by atoms with E-state index in [1.165, 1.54) is 10.4 Å². The van der Waals surface area contributed by atoms with Crippen molar-refractivity contribution in [2.75, 3.05) is 19.4 Å². The molecule has 2 rings (SSSR count). The standard InChI is InChI=1S/C14H22N2O3S/c1-9-7-12(15)8-14(10(9)2)20(17,18)16(4)13-5-6-19-11(13)3/h7-8,11,13H,5-6,15H2,1-4H3. The molecule has 1 fully saturated rings. The van der Waals surface area contributed by atoms with E-state index in [9.17, 15) is 8.42 Å². The van der Waals surface area contributed by atoms with Crippen LogP contribution in [0.3, 0.4) is 0 Å². The molecule has 0 aromatic heterocycles. The third kappa shape index (κ3) is 2.55. The van der Waals surface area contributed by atoms with Gasteiger partial charge < -0.3 is 10.5 Å². The highest BCUT2D eigenvalue weighted by molar-refractivity contribution is 7.89. The van der Waals surface area contributed by atoms with E-state index in [2.05, 4.69) is 0 Å². The van der Waals surface area contributed by atoms with E-state index in [1.807, 2.05) is 20.8 Å². The van der Waals surface area contributed by atoms with Gasteiger partial charge in [-0.1, -0.05) is 0 Å². The number of hydrogen-bond acceptors (Lipinski definition) is 4. The third-order valence-electron chi connectivity index (χ3n) is 4.10. The van der Waals surface area contributed by atoms with Crippen molar-refractivity contribution in [2.24, 2.45) is 0 Å². The fraction of sp³-hybridized carbons (Fsp3) is 0.571. The lowest BCUT2D eigenvalue weighted by molar-refractivity contribution is 0.102. The summed E-state index contributed by atoms with van der Waals surface area (Å²) in [4.78, 5) is 0.289. The number of aryl methyl sites for hydroxylation is 1. The maximum absolute atomic E-state index is 12.8.